The number of nitrogens with zero attached hydrogens (tertiary/aromatic N) is 1. The first kappa shape index (κ1) is 35.6. The number of ether oxygens (including phenoxy) is 1. The molecule has 254 valence electrons. The molecule has 1 saturated heterocycles. The van der Waals surface area contributed by atoms with Crippen molar-refractivity contribution < 1.29 is 29.0 Å². The number of rotatable bonds is 4. The maximum absolute atomic E-state index is 14.0. The van der Waals surface area contributed by atoms with Crippen LogP contribution < -0.4 is 21.4 Å². The van der Waals surface area contributed by atoms with E-state index < -0.39 is 35.9 Å². The number of hydrazine groups is 1. The van der Waals surface area contributed by atoms with Crippen LogP contribution in [0, 0.1) is 11.8 Å². The van der Waals surface area contributed by atoms with Crippen LogP contribution in [-0.2, 0) is 30.3 Å². The molecular formula is C36H49N5O6. The van der Waals surface area contributed by atoms with Crippen molar-refractivity contribution in [2.75, 3.05) is 13.7 Å². The number of carbonyl (C=O) groups is 4. The van der Waals surface area contributed by atoms with E-state index >= 15 is 0 Å². The number of hydrogen-bond donors (Lipinski definition) is 5. The van der Waals surface area contributed by atoms with Crippen LogP contribution >= 0.6 is 0 Å². The van der Waals surface area contributed by atoms with E-state index in [0.717, 1.165) is 11.1 Å². The van der Waals surface area contributed by atoms with Crippen molar-refractivity contribution in [1.29, 1.82) is 0 Å². The topological polar surface area (TPSA) is 149 Å². The van der Waals surface area contributed by atoms with Gasteiger partial charge in [-0.2, -0.15) is 0 Å². The standard InChI is InChI=1S/C36H49N5O6/c1-22(2)32-35(45)38-30(21-26-13-9-15-28(42)20-26)36(46)41-18-10-16-29(40-41)34(44)37-24(4)27-14-8-12-25(19-27)11-6-7-17-31(47-5)23(3)33(43)39-32/h6,8-9,11-15,19-20,22-24,29-32,40,42H,7,10,16-18,21H2,1-5H3,(H,37,44)(H,38,45)(H,39,43)/t23-,24-,29+,30+,31-,32+/m1/s1. The molecule has 2 heterocycles. The second-order valence-electron chi connectivity index (χ2n) is 12.9. The lowest BCUT2D eigenvalue weighted by Gasteiger charge is -2.36. The lowest BCUT2D eigenvalue weighted by Crippen LogP contribution is -2.63. The SMILES string of the molecule is CO[C@@H]1CCC=Cc2cccc(c2)[C@@H](C)NC(=O)[C@@H]2CCCN(N2)C(=O)[C@H](Cc2cccc(O)c2)NC(=O)[C@H](C(C)C)NC(=O)[C@@H]1C. The number of methoxy groups -OCH3 is 1. The van der Waals surface area contributed by atoms with Gasteiger partial charge in [0.15, 0.2) is 0 Å². The van der Waals surface area contributed by atoms with E-state index in [2.05, 4.69) is 21.4 Å². The summed E-state index contributed by atoms with van der Waals surface area (Å²) in [7, 11) is 1.57. The van der Waals surface area contributed by atoms with Crippen LogP contribution in [0.4, 0.5) is 0 Å². The molecule has 2 aliphatic heterocycles. The van der Waals surface area contributed by atoms with Crippen molar-refractivity contribution in [1.82, 2.24) is 26.4 Å². The molecule has 4 bridgehead atoms. The fourth-order valence-electron chi connectivity index (χ4n) is 6.07. The van der Waals surface area contributed by atoms with Gasteiger partial charge >= 0.3 is 0 Å². The van der Waals surface area contributed by atoms with Crippen molar-refractivity contribution in [2.45, 2.75) is 90.1 Å². The highest BCUT2D eigenvalue weighted by Gasteiger charge is 2.36. The number of aromatic hydroxyl groups is 1. The van der Waals surface area contributed by atoms with Crippen molar-refractivity contribution in [3.05, 3.63) is 71.3 Å². The van der Waals surface area contributed by atoms with Crippen molar-refractivity contribution in [2.24, 2.45) is 11.8 Å². The van der Waals surface area contributed by atoms with Gasteiger partial charge in [-0.05, 0) is 73.4 Å². The molecule has 0 radical (unpaired) electrons. The minimum atomic E-state index is -1.03. The van der Waals surface area contributed by atoms with Gasteiger partial charge in [-0.15, -0.1) is 0 Å². The van der Waals surface area contributed by atoms with E-state index in [4.69, 9.17) is 4.74 Å². The van der Waals surface area contributed by atoms with E-state index in [1.165, 1.54) is 11.1 Å². The highest BCUT2D eigenvalue weighted by Crippen LogP contribution is 2.20. The zero-order valence-electron chi connectivity index (χ0n) is 28.0. The summed E-state index contributed by atoms with van der Waals surface area (Å²) in [5, 5.41) is 20.3. The van der Waals surface area contributed by atoms with Crippen LogP contribution in [0.3, 0.4) is 0 Å². The Morgan fingerprint density at radius 2 is 1.70 bits per heavy atom. The molecule has 4 amide bonds. The molecule has 11 nitrogen and oxygen atoms in total. The smallest absolute Gasteiger partial charge is 0.259 e. The van der Waals surface area contributed by atoms with Crippen molar-refractivity contribution in [3.63, 3.8) is 0 Å². The normalized spacial score (nSPS) is 26.9. The summed E-state index contributed by atoms with van der Waals surface area (Å²) in [6, 6.07) is 11.6. The summed E-state index contributed by atoms with van der Waals surface area (Å²) >= 11 is 0. The molecule has 0 aromatic heterocycles. The Labute approximate surface area is 277 Å². The van der Waals surface area contributed by atoms with Crippen molar-refractivity contribution >= 4 is 29.7 Å². The first-order valence-electron chi connectivity index (χ1n) is 16.5. The number of phenolic OH excluding ortho intramolecular Hbond substituents is 1. The molecule has 6 atom stereocenters. The quantitative estimate of drug-likeness (QED) is 0.342. The Balaban J connectivity index is 1.66. The number of amides is 4. The van der Waals surface area contributed by atoms with Gasteiger partial charge in [0.2, 0.25) is 17.7 Å². The third-order valence-corrected chi connectivity index (χ3v) is 8.95. The zero-order chi connectivity index (χ0) is 34.1. The van der Waals surface area contributed by atoms with E-state index in [1.807, 2.05) is 57.2 Å². The summed E-state index contributed by atoms with van der Waals surface area (Å²) in [5.41, 5.74) is 5.67. The van der Waals surface area contributed by atoms with Gasteiger partial charge < -0.3 is 25.8 Å². The summed E-state index contributed by atoms with van der Waals surface area (Å²) in [6.07, 6.45) is 6.15. The van der Waals surface area contributed by atoms with Gasteiger partial charge in [0, 0.05) is 20.1 Å². The Bertz CT molecular complexity index is 1440. The monoisotopic (exact) mass is 647 g/mol. The molecule has 2 aliphatic rings. The van der Waals surface area contributed by atoms with E-state index in [0.29, 0.717) is 37.8 Å². The maximum Gasteiger partial charge on any atom is 0.259 e. The molecule has 2 aromatic carbocycles. The van der Waals surface area contributed by atoms with Crippen LogP contribution in [0.2, 0.25) is 0 Å². The maximum atomic E-state index is 14.0. The first-order chi connectivity index (χ1) is 22.5. The molecule has 11 heteroatoms. The lowest BCUT2D eigenvalue weighted by atomic mass is 9.96. The molecule has 5 N–H and O–H groups in total. The van der Waals surface area contributed by atoms with Crippen LogP contribution in [0.15, 0.2) is 54.6 Å². The van der Waals surface area contributed by atoms with Gasteiger partial charge in [0.05, 0.1) is 18.1 Å². The van der Waals surface area contributed by atoms with E-state index in [-0.39, 0.29) is 42.0 Å². The number of carbonyl (C=O) groups excluding carboxylic acids is 4. The molecule has 47 heavy (non-hydrogen) atoms. The minimum absolute atomic E-state index is 0.0386. The van der Waals surface area contributed by atoms with Crippen LogP contribution in [0.1, 0.15) is 76.1 Å². The second kappa shape index (κ2) is 16.6. The summed E-state index contributed by atoms with van der Waals surface area (Å²) in [4.78, 5) is 54.7. The van der Waals surface area contributed by atoms with E-state index in [1.54, 1.807) is 32.2 Å². The average Bonchev–Trinajstić information content (AvgIpc) is 3.05. The Hall–Kier alpha value is -4.22. The van der Waals surface area contributed by atoms with Gasteiger partial charge in [-0.3, -0.25) is 24.2 Å². The number of allylic oxidation sites excluding steroid dienone is 1. The molecule has 0 saturated carbocycles. The molecule has 1 fully saturated rings. The average molecular weight is 648 g/mol. The Morgan fingerprint density at radius 1 is 0.936 bits per heavy atom. The fraction of sp³-hybridized carbons (Fsp3) is 0.500. The van der Waals surface area contributed by atoms with Crippen LogP contribution in [0.5, 0.6) is 5.75 Å². The highest BCUT2D eigenvalue weighted by atomic mass is 16.5. The summed E-state index contributed by atoms with van der Waals surface area (Å²) in [6.45, 7) is 7.71. The number of nitrogens with one attached hydrogen (secondary N) is 4. The molecule has 0 unspecified atom stereocenters. The van der Waals surface area contributed by atoms with Gasteiger partial charge in [-0.1, -0.05) is 63.3 Å². The Morgan fingerprint density at radius 3 is 2.43 bits per heavy atom. The largest absolute Gasteiger partial charge is 0.508 e. The number of fused-ring (bicyclic) bond motifs is 4. The van der Waals surface area contributed by atoms with Crippen LogP contribution in [-0.4, -0.2) is 71.6 Å². The summed E-state index contributed by atoms with van der Waals surface area (Å²) in [5.74, 6) is -2.25. The second-order valence-corrected chi connectivity index (χ2v) is 12.9. The van der Waals surface area contributed by atoms with Crippen LogP contribution in [0.25, 0.3) is 6.08 Å². The zero-order valence-corrected chi connectivity index (χ0v) is 28.0. The molecular weight excluding hydrogens is 598 g/mol. The van der Waals surface area contributed by atoms with Crippen molar-refractivity contribution in [3.8, 4) is 5.75 Å². The fourth-order valence-corrected chi connectivity index (χ4v) is 6.07. The third kappa shape index (κ3) is 9.65. The summed E-state index contributed by atoms with van der Waals surface area (Å²) < 4.78 is 5.69. The predicted molar refractivity (Wildman–Crippen MR) is 180 cm³/mol. The van der Waals surface area contributed by atoms with Gasteiger partial charge in [0.1, 0.15) is 23.9 Å². The number of benzene rings is 2. The minimum Gasteiger partial charge on any atom is -0.508 e. The lowest BCUT2D eigenvalue weighted by molar-refractivity contribution is -0.144. The third-order valence-electron chi connectivity index (χ3n) is 8.95. The number of hydrogen-bond acceptors (Lipinski definition) is 7. The molecule has 4 rings (SSSR count). The first-order valence-corrected chi connectivity index (χ1v) is 16.5. The Kier molecular flexibility index (Phi) is 12.6. The number of phenols is 1. The molecule has 2 aromatic rings. The highest BCUT2D eigenvalue weighted by molar-refractivity contribution is 5.93. The van der Waals surface area contributed by atoms with Gasteiger partial charge in [-0.25, -0.2) is 5.43 Å². The van der Waals surface area contributed by atoms with Gasteiger partial charge in [0.25, 0.3) is 5.91 Å². The van der Waals surface area contributed by atoms with E-state index in [9.17, 15) is 24.3 Å². The molecule has 0 spiro atoms. The predicted octanol–water partition coefficient (Wildman–Crippen LogP) is 3.39. The molecule has 0 aliphatic carbocycles.